The van der Waals surface area contributed by atoms with Crippen LogP contribution < -0.4 is 5.32 Å². The standard InChI is InChI=1S/C22H23FN4O3S/c1-14-6-11-19(30-14)20(21(28)24-17-4-2-3-5-17)27(22(29)18-13-31-26-25-18)12-15-7-9-16(23)10-8-15/h6-11,13,17,20H,2-5,12H2,1H3,(H,24,28)/t20-/m1/s1. The van der Waals surface area contributed by atoms with Gasteiger partial charge in [-0.2, -0.15) is 0 Å². The fourth-order valence-corrected chi connectivity index (χ4v) is 4.28. The first kappa shape index (κ1) is 21.2. The minimum absolute atomic E-state index is 0.0785. The molecule has 0 saturated heterocycles. The van der Waals surface area contributed by atoms with E-state index in [0.29, 0.717) is 17.1 Å². The molecule has 0 unspecified atom stereocenters. The molecule has 2 amide bonds. The lowest BCUT2D eigenvalue weighted by Crippen LogP contribution is -2.45. The van der Waals surface area contributed by atoms with Crippen LogP contribution in [-0.4, -0.2) is 32.3 Å². The molecular formula is C22H23FN4O3S. The number of nitrogens with zero attached hydrogens (tertiary/aromatic N) is 3. The van der Waals surface area contributed by atoms with Gasteiger partial charge in [0.15, 0.2) is 11.7 Å². The van der Waals surface area contributed by atoms with Gasteiger partial charge in [-0.25, -0.2) is 4.39 Å². The third-order valence-corrected chi connectivity index (χ3v) is 5.90. The molecule has 1 aromatic carbocycles. The van der Waals surface area contributed by atoms with Crippen molar-refractivity contribution in [2.75, 3.05) is 0 Å². The van der Waals surface area contributed by atoms with E-state index in [1.807, 2.05) is 0 Å². The monoisotopic (exact) mass is 442 g/mol. The number of hydrogen-bond donors (Lipinski definition) is 1. The number of halogens is 1. The lowest BCUT2D eigenvalue weighted by molar-refractivity contribution is -0.127. The van der Waals surface area contributed by atoms with Gasteiger partial charge in [-0.3, -0.25) is 9.59 Å². The molecule has 1 atom stereocenters. The normalized spacial score (nSPS) is 15.0. The van der Waals surface area contributed by atoms with Crippen molar-refractivity contribution in [1.29, 1.82) is 0 Å². The number of rotatable bonds is 7. The van der Waals surface area contributed by atoms with Crippen molar-refractivity contribution in [2.24, 2.45) is 0 Å². The summed E-state index contributed by atoms with van der Waals surface area (Å²) < 4.78 is 23.0. The van der Waals surface area contributed by atoms with Gasteiger partial charge in [-0.15, -0.1) is 5.10 Å². The first-order valence-corrected chi connectivity index (χ1v) is 11.0. The lowest BCUT2D eigenvalue weighted by Gasteiger charge is -2.30. The molecule has 0 radical (unpaired) electrons. The number of aromatic nitrogens is 2. The number of nitrogens with one attached hydrogen (secondary N) is 1. The third kappa shape index (κ3) is 4.99. The Balaban J connectivity index is 1.71. The molecule has 9 heteroatoms. The number of hydrogen-bond acceptors (Lipinski definition) is 6. The van der Waals surface area contributed by atoms with Crippen LogP contribution in [0.25, 0.3) is 0 Å². The van der Waals surface area contributed by atoms with E-state index in [0.717, 1.165) is 37.2 Å². The molecular weight excluding hydrogens is 419 g/mol. The number of amides is 2. The highest BCUT2D eigenvalue weighted by molar-refractivity contribution is 7.03. The average Bonchev–Trinajstić information content (AvgIpc) is 3.52. The second kappa shape index (κ2) is 9.38. The molecule has 2 heterocycles. The van der Waals surface area contributed by atoms with E-state index >= 15 is 0 Å². The Kier molecular flexibility index (Phi) is 6.41. The zero-order chi connectivity index (χ0) is 21.8. The van der Waals surface area contributed by atoms with Crippen molar-refractivity contribution < 1.29 is 18.4 Å². The van der Waals surface area contributed by atoms with E-state index in [1.165, 1.54) is 17.0 Å². The van der Waals surface area contributed by atoms with Crippen molar-refractivity contribution in [2.45, 2.75) is 51.2 Å². The molecule has 7 nitrogen and oxygen atoms in total. The molecule has 1 aliphatic carbocycles. The molecule has 0 aliphatic heterocycles. The van der Waals surface area contributed by atoms with Crippen LogP contribution in [0.3, 0.4) is 0 Å². The molecule has 162 valence electrons. The number of carbonyl (C=O) groups excluding carboxylic acids is 2. The Bertz CT molecular complexity index is 1030. The van der Waals surface area contributed by atoms with Crippen molar-refractivity contribution in [3.63, 3.8) is 0 Å². The van der Waals surface area contributed by atoms with Gasteiger partial charge < -0.3 is 14.6 Å². The summed E-state index contributed by atoms with van der Waals surface area (Å²) in [5.74, 6) is -0.120. The molecule has 2 aromatic heterocycles. The first-order chi connectivity index (χ1) is 15.0. The zero-order valence-electron chi connectivity index (χ0n) is 17.1. The minimum Gasteiger partial charge on any atom is -0.464 e. The fraction of sp³-hybridized carbons (Fsp3) is 0.364. The summed E-state index contributed by atoms with van der Waals surface area (Å²) in [6.07, 6.45) is 3.96. The number of benzene rings is 1. The van der Waals surface area contributed by atoms with E-state index in [9.17, 15) is 14.0 Å². The van der Waals surface area contributed by atoms with Crippen LogP contribution in [0.5, 0.6) is 0 Å². The largest absolute Gasteiger partial charge is 0.464 e. The van der Waals surface area contributed by atoms with Gasteiger partial charge in [0.1, 0.15) is 17.3 Å². The zero-order valence-corrected chi connectivity index (χ0v) is 17.9. The maximum absolute atomic E-state index is 13.4. The summed E-state index contributed by atoms with van der Waals surface area (Å²) in [6, 6.07) is 8.39. The van der Waals surface area contributed by atoms with E-state index in [1.54, 1.807) is 36.6 Å². The Morgan fingerprint density at radius 2 is 1.97 bits per heavy atom. The Labute approximate surface area is 183 Å². The van der Waals surface area contributed by atoms with Gasteiger partial charge >= 0.3 is 0 Å². The van der Waals surface area contributed by atoms with Gasteiger partial charge in [-0.1, -0.05) is 29.5 Å². The van der Waals surface area contributed by atoms with Gasteiger partial charge in [0.05, 0.1) is 0 Å². The lowest BCUT2D eigenvalue weighted by atomic mass is 10.1. The summed E-state index contributed by atoms with van der Waals surface area (Å²) in [7, 11) is 0. The highest BCUT2D eigenvalue weighted by atomic mass is 32.1. The maximum atomic E-state index is 13.4. The molecule has 4 rings (SSSR count). The van der Waals surface area contributed by atoms with Crippen LogP contribution in [0.2, 0.25) is 0 Å². The summed E-state index contributed by atoms with van der Waals surface area (Å²) >= 11 is 1.06. The number of furan rings is 1. The maximum Gasteiger partial charge on any atom is 0.276 e. The molecule has 0 spiro atoms. The average molecular weight is 443 g/mol. The number of carbonyl (C=O) groups is 2. The quantitative estimate of drug-likeness (QED) is 0.597. The SMILES string of the molecule is Cc1ccc([C@H](C(=O)NC2CCCC2)N(Cc2ccc(F)cc2)C(=O)c2csnn2)o1. The fourth-order valence-electron chi connectivity index (χ4n) is 3.85. The topological polar surface area (TPSA) is 88.3 Å². The highest BCUT2D eigenvalue weighted by Gasteiger charge is 2.36. The van der Waals surface area contributed by atoms with Crippen molar-refractivity contribution in [1.82, 2.24) is 19.8 Å². The molecule has 0 bridgehead atoms. The van der Waals surface area contributed by atoms with Crippen LogP contribution in [0.1, 0.15) is 59.3 Å². The molecule has 1 aliphatic rings. The predicted octanol–water partition coefficient (Wildman–Crippen LogP) is 4.02. The number of aryl methyl sites for hydroxylation is 1. The van der Waals surface area contributed by atoms with Crippen LogP contribution in [0.4, 0.5) is 4.39 Å². The van der Waals surface area contributed by atoms with E-state index in [2.05, 4.69) is 14.9 Å². The van der Waals surface area contributed by atoms with Gasteiger partial charge in [0, 0.05) is 18.0 Å². The Morgan fingerprint density at radius 1 is 1.23 bits per heavy atom. The summed E-state index contributed by atoms with van der Waals surface area (Å²) in [5, 5.41) is 8.51. The predicted molar refractivity (Wildman–Crippen MR) is 113 cm³/mol. The van der Waals surface area contributed by atoms with Crippen molar-refractivity contribution in [3.8, 4) is 0 Å². The highest BCUT2D eigenvalue weighted by Crippen LogP contribution is 2.28. The summed E-state index contributed by atoms with van der Waals surface area (Å²) in [6.45, 7) is 1.87. The van der Waals surface area contributed by atoms with Gasteiger partial charge in [-0.05, 0) is 61.1 Å². The van der Waals surface area contributed by atoms with E-state index in [4.69, 9.17) is 4.42 Å². The van der Waals surface area contributed by atoms with E-state index in [-0.39, 0.29) is 30.0 Å². The summed E-state index contributed by atoms with van der Waals surface area (Å²) in [5.41, 5.74) is 0.828. The molecule has 1 saturated carbocycles. The third-order valence-electron chi connectivity index (χ3n) is 5.40. The van der Waals surface area contributed by atoms with Gasteiger partial charge in [0.2, 0.25) is 0 Å². The summed E-state index contributed by atoms with van der Waals surface area (Å²) in [4.78, 5) is 28.2. The van der Waals surface area contributed by atoms with Crippen LogP contribution in [-0.2, 0) is 11.3 Å². The molecule has 1 fully saturated rings. The van der Waals surface area contributed by atoms with Crippen LogP contribution >= 0.6 is 11.5 Å². The smallest absolute Gasteiger partial charge is 0.276 e. The molecule has 3 aromatic rings. The minimum atomic E-state index is -0.992. The molecule has 1 N–H and O–H groups in total. The Morgan fingerprint density at radius 3 is 2.58 bits per heavy atom. The van der Waals surface area contributed by atoms with Crippen molar-refractivity contribution >= 4 is 23.3 Å². The second-order valence-corrected chi connectivity index (χ2v) is 8.30. The van der Waals surface area contributed by atoms with Crippen LogP contribution in [0, 0.1) is 12.7 Å². The van der Waals surface area contributed by atoms with Crippen LogP contribution in [0.15, 0.2) is 46.2 Å². The van der Waals surface area contributed by atoms with E-state index < -0.39 is 11.9 Å². The van der Waals surface area contributed by atoms with Gasteiger partial charge in [0.25, 0.3) is 11.8 Å². The Hall–Kier alpha value is -3.07. The van der Waals surface area contributed by atoms with Crippen molar-refractivity contribution in [3.05, 3.63) is 70.4 Å². The first-order valence-electron chi connectivity index (χ1n) is 10.2. The molecule has 31 heavy (non-hydrogen) atoms. The second-order valence-electron chi connectivity index (χ2n) is 7.69.